The molecule has 0 saturated carbocycles. The van der Waals surface area contributed by atoms with Gasteiger partial charge in [-0.25, -0.2) is 9.97 Å². The highest BCUT2D eigenvalue weighted by Gasteiger charge is 2.24. The number of rotatable bonds is 5. The Bertz CT molecular complexity index is 968. The zero-order valence-corrected chi connectivity index (χ0v) is 18.1. The molecule has 1 unspecified atom stereocenters. The van der Waals surface area contributed by atoms with E-state index in [0.717, 1.165) is 54.5 Å². The van der Waals surface area contributed by atoms with Crippen LogP contribution < -0.4 is 10.2 Å². The van der Waals surface area contributed by atoms with Crippen molar-refractivity contribution in [3.05, 3.63) is 52.8 Å². The number of anilines is 1. The fourth-order valence-electron chi connectivity index (χ4n) is 3.79. The molecule has 0 radical (unpaired) electrons. The normalized spacial score (nSPS) is 17.1. The van der Waals surface area contributed by atoms with Crippen LogP contribution in [0.5, 0.6) is 0 Å². The minimum Gasteiger partial charge on any atom is -0.351 e. The lowest BCUT2D eigenvalue weighted by Gasteiger charge is -2.38. The fraction of sp³-hybridized carbons (Fsp3) is 0.364. The average Bonchev–Trinajstić information content (AvgIpc) is 3.20. The van der Waals surface area contributed by atoms with E-state index in [9.17, 15) is 0 Å². The molecule has 0 spiro atoms. The van der Waals surface area contributed by atoms with Crippen LogP contribution in [0.25, 0.3) is 22.6 Å². The van der Waals surface area contributed by atoms with E-state index >= 15 is 0 Å². The minimum absolute atomic E-state index is 0.479. The van der Waals surface area contributed by atoms with Gasteiger partial charge in [0.2, 0.25) is 0 Å². The van der Waals surface area contributed by atoms with E-state index in [-0.39, 0.29) is 0 Å². The van der Waals surface area contributed by atoms with Gasteiger partial charge < -0.3 is 15.2 Å². The third-order valence-corrected chi connectivity index (χ3v) is 5.94. The summed E-state index contributed by atoms with van der Waals surface area (Å²) in [5.41, 5.74) is 2.70. The zero-order valence-electron chi connectivity index (χ0n) is 16.6. The van der Waals surface area contributed by atoms with Crippen molar-refractivity contribution < 1.29 is 0 Å². The number of piperazine rings is 1. The molecule has 0 bridgehead atoms. The Morgan fingerprint density at radius 2 is 1.97 bits per heavy atom. The van der Waals surface area contributed by atoms with Crippen LogP contribution in [0.4, 0.5) is 5.82 Å². The van der Waals surface area contributed by atoms with Gasteiger partial charge in [0.05, 0.1) is 15.7 Å². The van der Waals surface area contributed by atoms with Crippen molar-refractivity contribution in [1.29, 1.82) is 0 Å². The number of benzene rings is 1. The van der Waals surface area contributed by atoms with Crippen LogP contribution in [-0.4, -0.2) is 40.6 Å². The average molecular weight is 430 g/mol. The Morgan fingerprint density at radius 3 is 2.69 bits per heavy atom. The number of nitrogens with one attached hydrogen (secondary N) is 2. The maximum atomic E-state index is 6.13. The van der Waals surface area contributed by atoms with Crippen LogP contribution in [0, 0.1) is 5.92 Å². The number of aromatic amines is 1. The number of halogens is 2. The molecule has 1 atom stereocenters. The Morgan fingerprint density at radius 1 is 1.14 bits per heavy atom. The maximum Gasteiger partial charge on any atom is 0.139 e. The first-order valence-electron chi connectivity index (χ1n) is 9.96. The van der Waals surface area contributed by atoms with Crippen LogP contribution in [0.1, 0.15) is 20.3 Å². The molecule has 3 heterocycles. The van der Waals surface area contributed by atoms with Crippen LogP contribution in [0.3, 0.4) is 0 Å². The van der Waals surface area contributed by atoms with Gasteiger partial charge in [-0.15, -0.1) is 0 Å². The van der Waals surface area contributed by atoms with Gasteiger partial charge in [0.1, 0.15) is 11.6 Å². The Balaban J connectivity index is 1.53. The van der Waals surface area contributed by atoms with Gasteiger partial charge in [-0.3, -0.25) is 0 Å². The molecule has 2 N–H and O–H groups in total. The molecule has 5 nitrogen and oxygen atoms in total. The number of imidazole rings is 1. The summed E-state index contributed by atoms with van der Waals surface area (Å²) in [5.74, 6) is 2.46. The summed E-state index contributed by atoms with van der Waals surface area (Å²) in [4.78, 5) is 15.1. The van der Waals surface area contributed by atoms with Gasteiger partial charge >= 0.3 is 0 Å². The summed E-state index contributed by atoms with van der Waals surface area (Å²) in [6, 6.07) is 10.2. The summed E-state index contributed by atoms with van der Waals surface area (Å²) in [6.07, 6.45) is 4.92. The first-order valence-corrected chi connectivity index (χ1v) is 10.7. The van der Waals surface area contributed by atoms with Gasteiger partial charge in [-0.1, -0.05) is 43.1 Å². The standard InChI is InChI=1S/C22H25Cl2N5/c1-14(2)9-17-12-25-7-8-29(17)21-6-4-16(11-26-21)22-27-13-20(28-22)15-3-5-18(23)19(24)10-15/h3-6,10-11,13-14,17,25H,7-9,12H2,1-2H3,(H,27,28). The molecule has 0 aliphatic carbocycles. The SMILES string of the molecule is CC(C)CC1CNCCN1c1ccc(-c2nc(-c3ccc(Cl)c(Cl)c3)c[nH]2)cn1. The van der Waals surface area contributed by atoms with Crippen LogP contribution in [-0.2, 0) is 0 Å². The number of H-pyrrole nitrogens is 1. The van der Waals surface area contributed by atoms with E-state index in [0.29, 0.717) is 22.0 Å². The molecule has 1 aliphatic rings. The minimum atomic E-state index is 0.479. The zero-order chi connectivity index (χ0) is 20.4. The lowest BCUT2D eigenvalue weighted by molar-refractivity contribution is 0.405. The molecule has 3 aromatic rings. The summed E-state index contributed by atoms with van der Waals surface area (Å²) in [7, 11) is 0. The summed E-state index contributed by atoms with van der Waals surface area (Å²) in [6.45, 7) is 7.51. The van der Waals surface area contributed by atoms with Gasteiger partial charge in [0.15, 0.2) is 0 Å². The largest absolute Gasteiger partial charge is 0.351 e. The molecule has 7 heteroatoms. The smallest absolute Gasteiger partial charge is 0.139 e. The van der Waals surface area contributed by atoms with Crippen molar-refractivity contribution in [2.45, 2.75) is 26.3 Å². The van der Waals surface area contributed by atoms with E-state index in [4.69, 9.17) is 33.2 Å². The van der Waals surface area contributed by atoms with Crippen LogP contribution in [0.2, 0.25) is 10.0 Å². The summed E-state index contributed by atoms with van der Waals surface area (Å²) >= 11 is 12.1. The molecule has 1 fully saturated rings. The van der Waals surface area contributed by atoms with Crippen LogP contribution >= 0.6 is 23.2 Å². The topological polar surface area (TPSA) is 56.8 Å². The molecule has 152 valence electrons. The predicted octanol–water partition coefficient (Wildman–Crippen LogP) is 5.27. The first-order chi connectivity index (χ1) is 14.0. The van der Waals surface area contributed by atoms with E-state index in [1.807, 2.05) is 24.5 Å². The number of aromatic nitrogens is 3. The first kappa shape index (κ1) is 20.2. The van der Waals surface area contributed by atoms with Crippen molar-refractivity contribution in [3.63, 3.8) is 0 Å². The third kappa shape index (κ3) is 4.58. The highest BCUT2D eigenvalue weighted by Crippen LogP contribution is 2.29. The van der Waals surface area contributed by atoms with Gasteiger partial charge in [0.25, 0.3) is 0 Å². The van der Waals surface area contributed by atoms with Gasteiger partial charge in [0, 0.05) is 49.2 Å². The van der Waals surface area contributed by atoms with Gasteiger partial charge in [-0.2, -0.15) is 0 Å². The second-order valence-corrected chi connectivity index (χ2v) is 8.66. The molecular formula is C22H25Cl2N5. The number of hydrogen-bond acceptors (Lipinski definition) is 4. The lowest BCUT2D eigenvalue weighted by Crippen LogP contribution is -2.52. The second-order valence-electron chi connectivity index (χ2n) is 7.85. The Kier molecular flexibility index (Phi) is 6.09. The van der Waals surface area contributed by atoms with Crippen molar-refractivity contribution in [3.8, 4) is 22.6 Å². The van der Waals surface area contributed by atoms with Crippen LogP contribution in [0.15, 0.2) is 42.7 Å². The number of pyridine rings is 1. The maximum absolute atomic E-state index is 6.13. The molecule has 1 aromatic carbocycles. The Hall–Kier alpha value is -2.08. The molecule has 29 heavy (non-hydrogen) atoms. The second kappa shape index (κ2) is 8.74. The van der Waals surface area contributed by atoms with Crippen molar-refractivity contribution in [2.75, 3.05) is 24.5 Å². The van der Waals surface area contributed by atoms with Gasteiger partial charge in [-0.05, 0) is 36.6 Å². The molecule has 0 amide bonds. The fourth-order valence-corrected chi connectivity index (χ4v) is 4.08. The molecule has 4 rings (SSSR count). The quantitative estimate of drug-likeness (QED) is 0.579. The van der Waals surface area contributed by atoms with E-state index in [2.05, 4.69) is 41.2 Å². The van der Waals surface area contributed by atoms with E-state index < -0.39 is 0 Å². The lowest BCUT2D eigenvalue weighted by atomic mass is 10.0. The molecule has 1 saturated heterocycles. The molecule has 2 aromatic heterocycles. The molecular weight excluding hydrogens is 405 g/mol. The van der Waals surface area contributed by atoms with Crippen molar-refractivity contribution in [2.24, 2.45) is 5.92 Å². The molecule has 1 aliphatic heterocycles. The summed E-state index contributed by atoms with van der Waals surface area (Å²) in [5, 5.41) is 4.56. The summed E-state index contributed by atoms with van der Waals surface area (Å²) < 4.78 is 0. The van der Waals surface area contributed by atoms with Crippen molar-refractivity contribution >= 4 is 29.0 Å². The monoisotopic (exact) mass is 429 g/mol. The Labute approximate surface area is 181 Å². The van der Waals surface area contributed by atoms with E-state index in [1.54, 1.807) is 6.07 Å². The highest BCUT2D eigenvalue weighted by molar-refractivity contribution is 6.42. The highest BCUT2D eigenvalue weighted by atomic mass is 35.5. The van der Waals surface area contributed by atoms with Crippen molar-refractivity contribution in [1.82, 2.24) is 20.3 Å². The third-order valence-electron chi connectivity index (χ3n) is 5.20. The predicted molar refractivity (Wildman–Crippen MR) is 121 cm³/mol. The number of hydrogen-bond donors (Lipinski definition) is 2. The van der Waals surface area contributed by atoms with E-state index in [1.165, 1.54) is 0 Å². The number of nitrogens with zero attached hydrogens (tertiary/aromatic N) is 3.